The fourth-order valence-corrected chi connectivity index (χ4v) is 4.84. The summed E-state index contributed by atoms with van der Waals surface area (Å²) in [5, 5.41) is 27.7. The van der Waals surface area contributed by atoms with Gasteiger partial charge in [0.25, 0.3) is 0 Å². The van der Waals surface area contributed by atoms with Crippen LogP contribution in [-0.4, -0.2) is 4.98 Å². The molecule has 1 aromatic heterocycles. The van der Waals surface area contributed by atoms with Crippen LogP contribution in [-0.2, 0) is 0 Å². The van der Waals surface area contributed by atoms with Crippen LogP contribution in [0.5, 0.6) is 0 Å². The van der Waals surface area contributed by atoms with Crippen LogP contribution >= 0.6 is 11.6 Å². The van der Waals surface area contributed by atoms with Crippen LogP contribution < -0.4 is 27.0 Å². The topological polar surface area (TPSA) is 121 Å². The number of nitriles is 2. The normalized spacial score (nSPS) is 13.8. The molecule has 38 heavy (non-hydrogen) atoms. The number of hydrazine groups is 2. The van der Waals surface area contributed by atoms with E-state index in [1.807, 2.05) is 54.7 Å². The number of hydrogen-bond donors (Lipinski definition) is 5. The average molecular weight is 521 g/mol. The van der Waals surface area contributed by atoms with Crippen LogP contribution in [0.25, 0.3) is 10.9 Å². The Morgan fingerprint density at radius 1 is 0.974 bits per heavy atom. The van der Waals surface area contributed by atoms with Gasteiger partial charge in [0.2, 0.25) is 0 Å². The Morgan fingerprint density at radius 3 is 2.50 bits per heavy atom. The lowest BCUT2D eigenvalue weighted by Gasteiger charge is -2.24. The number of hydrogen-bond acceptors (Lipinski definition) is 8. The van der Waals surface area contributed by atoms with Crippen molar-refractivity contribution in [1.82, 2.24) is 21.4 Å². The zero-order chi connectivity index (χ0) is 26.5. The molecule has 0 bridgehead atoms. The number of nitrogens with zero attached hydrogens (tertiary/aromatic N) is 3. The second-order valence-electron chi connectivity index (χ2n) is 8.84. The van der Waals surface area contributed by atoms with Gasteiger partial charge >= 0.3 is 0 Å². The quantitative estimate of drug-likeness (QED) is 0.197. The van der Waals surface area contributed by atoms with Crippen molar-refractivity contribution < 1.29 is 0 Å². The molecule has 0 spiro atoms. The van der Waals surface area contributed by atoms with Crippen molar-refractivity contribution >= 4 is 33.9 Å². The van der Waals surface area contributed by atoms with E-state index < -0.39 is 0 Å². The largest absolute Gasteiger partial charge is 0.377 e. The highest BCUT2D eigenvalue weighted by Crippen LogP contribution is 2.37. The zero-order valence-electron chi connectivity index (χ0n) is 20.6. The summed E-state index contributed by atoms with van der Waals surface area (Å²) in [4.78, 5) is 4.49. The van der Waals surface area contributed by atoms with Crippen LogP contribution in [0.4, 0.5) is 11.4 Å². The number of benzene rings is 3. The van der Waals surface area contributed by atoms with Crippen LogP contribution in [0.15, 0.2) is 84.8 Å². The molecule has 0 amide bonds. The molecule has 3 aromatic carbocycles. The Hall–Kier alpha value is -4.76. The Labute approximate surface area is 225 Å². The van der Waals surface area contributed by atoms with Gasteiger partial charge in [-0.25, -0.2) is 0 Å². The maximum Gasteiger partial charge on any atom is 0.103 e. The minimum atomic E-state index is -0.324. The first-order valence-corrected chi connectivity index (χ1v) is 12.6. The molecule has 2 heterocycles. The van der Waals surface area contributed by atoms with E-state index in [0.29, 0.717) is 27.4 Å². The highest BCUT2D eigenvalue weighted by Gasteiger charge is 2.22. The van der Waals surface area contributed by atoms with Gasteiger partial charge in [0.15, 0.2) is 0 Å². The van der Waals surface area contributed by atoms with Crippen molar-refractivity contribution in [2.45, 2.75) is 25.4 Å². The molecule has 0 saturated heterocycles. The van der Waals surface area contributed by atoms with Crippen molar-refractivity contribution in [1.29, 1.82) is 10.5 Å². The maximum atomic E-state index is 9.93. The summed E-state index contributed by atoms with van der Waals surface area (Å²) < 4.78 is 0. The van der Waals surface area contributed by atoms with Crippen molar-refractivity contribution in [3.8, 4) is 12.1 Å². The van der Waals surface area contributed by atoms with Gasteiger partial charge in [-0.2, -0.15) is 16.1 Å². The molecule has 2 atom stereocenters. The zero-order valence-corrected chi connectivity index (χ0v) is 21.3. The van der Waals surface area contributed by atoms with Crippen LogP contribution in [0, 0.1) is 22.7 Å². The third-order valence-electron chi connectivity index (χ3n) is 6.45. The first-order valence-electron chi connectivity index (χ1n) is 12.2. The molecule has 1 aliphatic rings. The molecule has 0 radical (unpaired) electrons. The second-order valence-corrected chi connectivity index (χ2v) is 9.24. The fraction of sp³-hybridized carbons (Fsp3) is 0.138. The summed E-state index contributed by atoms with van der Waals surface area (Å²) in [6.07, 6.45) is 4.19. The van der Waals surface area contributed by atoms with Crippen molar-refractivity contribution in [2.75, 3.05) is 10.6 Å². The molecular formula is C29H25ClN8. The molecule has 1 unspecified atom stereocenters. The van der Waals surface area contributed by atoms with Crippen LogP contribution in [0.3, 0.4) is 0 Å². The first-order chi connectivity index (χ1) is 18.6. The molecule has 4 aromatic rings. The lowest BCUT2D eigenvalue weighted by molar-refractivity contribution is 0.583. The lowest BCUT2D eigenvalue weighted by Crippen LogP contribution is -2.33. The number of fused-ring (bicyclic) bond motifs is 1. The maximum absolute atomic E-state index is 9.93. The van der Waals surface area contributed by atoms with E-state index in [0.717, 1.165) is 34.3 Å². The number of halogens is 1. The number of nitrogens with one attached hydrogen (secondary N) is 5. The molecule has 0 fully saturated rings. The van der Waals surface area contributed by atoms with E-state index in [2.05, 4.69) is 63.2 Å². The van der Waals surface area contributed by atoms with Gasteiger partial charge in [-0.15, -0.1) is 0 Å². The highest BCUT2D eigenvalue weighted by atomic mass is 35.5. The van der Waals surface area contributed by atoms with Crippen LogP contribution in [0.1, 0.15) is 47.7 Å². The fourth-order valence-electron chi connectivity index (χ4n) is 4.57. The minimum absolute atomic E-state index is 0.00393. The molecule has 1 aliphatic heterocycles. The van der Waals surface area contributed by atoms with E-state index in [1.165, 1.54) is 0 Å². The van der Waals surface area contributed by atoms with E-state index in [4.69, 9.17) is 11.6 Å². The van der Waals surface area contributed by atoms with E-state index in [1.54, 1.807) is 12.3 Å². The van der Waals surface area contributed by atoms with E-state index in [-0.39, 0.29) is 12.1 Å². The van der Waals surface area contributed by atoms with Gasteiger partial charge in [-0.05, 0) is 41.8 Å². The van der Waals surface area contributed by atoms with Gasteiger partial charge in [0, 0.05) is 23.5 Å². The predicted octanol–water partition coefficient (Wildman–Crippen LogP) is 5.80. The number of anilines is 2. The molecule has 8 nitrogen and oxygen atoms in total. The number of aromatic nitrogens is 1. The molecule has 5 rings (SSSR count). The summed E-state index contributed by atoms with van der Waals surface area (Å²) >= 11 is 6.74. The molecule has 188 valence electrons. The Bertz CT molecular complexity index is 1590. The predicted molar refractivity (Wildman–Crippen MR) is 150 cm³/mol. The second kappa shape index (κ2) is 11.1. The molecule has 0 saturated carbocycles. The molecule has 5 N–H and O–H groups in total. The third kappa shape index (κ3) is 5.05. The van der Waals surface area contributed by atoms with E-state index >= 15 is 0 Å². The first kappa shape index (κ1) is 24.9. The Kier molecular flexibility index (Phi) is 7.28. The highest BCUT2D eigenvalue weighted by molar-refractivity contribution is 6.35. The van der Waals surface area contributed by atoms with Gasteiger partial charge in [-0.1, -0.05) is 61.0 Å². The Balaban J connectivity index is 1.59. The van der Waals surface area contributed by atoms with E-state index in [9.17, 15) is 10.5 Å². The minimum Gasteiger partial charge on any atom is -0.377 e. The van der Waals surface area contributed by atoms with Gasteiger partial charge < -0.3 is 21.5 Å². The van der Waals surface area contributed by atoms with Gasteiger partial charge in [0.05, 0.1) is 51.2 Å². The standard InChI is InChI=1S/C29H25ClN8/c1-2-25(19-8-4-3-5-9-19)36-27-21(15-32)16-33-29-23(27)12-22(13-24(29)30)35-28(26-17-34-38-37-26)20-10-6-7-18(11-20)14-31/h3-13,16-17,25,28,34-35,37-38H,2H2,1H3,(H,33,36)/t25-,28?/m1/s1. The number of pyridine rings is 1. The van der Waals surface area contributed by atoms with Gasteiger partial charge in [0.1, 0.15) is 6.07 Å². The summed E-state index contributed by atoms with van der Waals surface area (Å²) in [6, 6.07) is 25.5. The molecule has 0 aliphatic carbocycles. The summed E-state index contributed by atoms with van der Waals surface area (Å²) in [7, 11) is 0. The third-order valence-corrected chi connectivity index (χ3v) is 6.74. The summed E-state index contributed by atoms with van der Waals surface area (Å²) in [5.41, 5.74) is 14.8. The van der Waals surface area contributed by atoms with Crippen LogP contribution in [0.2, 0.25) is 5.02 Å². The SMILES string of the molecule is CC[C@@H](Nc1c(C#N)cnc2c(Cl)cc(NC(C3=CNNN3)c3cccc(C#N)c3)cc12)c1ccccc1. The Morgan fingerprint density at radius 2 is 1.79 bits per heavy atom. The average Bonchev–Trinajstić information content (AvgIpc) is 3.50. The smallest absolute Gasteiger partial charge is 0.103 e. The molecular weight excluding hydrogens is 496 g/mol. The summed E-state index contributed by atoms with van der Waals surface area (Å²) in [5.74, 6) is 0. The van der Waals surface area contributed by atoms with Crippen molar-refractivity contribution in [2.24, 2.45) is 0 Å². The number of rotatable bonds is 8. The molecule has 9 heteroatoms. The van der Waals surface area contributed by atoms with Crippen molar-refractivity contribution in [3.63, 3.8) is 0 Å². The van der Waals surface area contributed by atoms with Gasteiger partial charge in [-0.3, -0.25) is 4.98 Å². The summed E-state index contributed by atoms with van der Waals surface area (Å²) in [6.45, 7) is 2.10. The lowest BCUT2D eigenvalue weighted by atomic mass is 10.0. The monoisotopic (exact) mass is 520 g/mol. The van der Waals surface area contributed by atoms with Crippen molar-refractivity contribution in [3.05, 3.63) is 112 Å².